The monoisotopic (exact) mass is 279 g/mol. The summed E-state index contributed by atoms with van der Waals surface area (Å²) < 4.78 is 5.44. The molecule has 1 aliphatic carbocycles. The molecule has 0 amide bonds. The molecule has 0 radical (unpaired) electrons. The van der Waals surface area contributed by atoms with Crippen LogP contribution in [0, 0.1) is 5.92 Å². The smallest absolute Gasteiger partial charge is 0.0469 e. The Morgan fingerprint density at radius 2 is 1.95 bits per heavy atom. The predicted molar refractivity (Wildman–Crippen MR) is 78.8 cm³/mol. The summed E-state index contributed by atoms with van der Waals surface area (Å²) in [6, 6.07) is 7.46. The molecule has 0 spiro atoms. The molecule has 2 unspecified atom stereocenters. The molecule has 1 N–H and O–H groups in total. The van der Waals surface area contributed by atoms with Crippen LogP contribution in [0.2, 0.25) is 5.02 Å². The van der Waals surface area contributed by atoms with Gasteiger partial charge in [0.15, 0.2) is 0 Å². The van der Waals surface area contributed by atoms with E-state index >= 15 is 0 Å². The van der Waals surface area contributed by atoms with E-state index in [1.807, 2.05) is 6.07 Å². The maximum absolute atomic E-state index is 6.06. The first-order chi connectivity index (χ1) is 9.22. The van der Waals surface area contributed by atoms with E-state index in [9.17, 15) is 0 Å². The molecule has 1 aromatic rings. The van der Waals surface area contributed by atoms with Crippen LogP contribution >= 0.6 is 11.6 Å². The molecule has 104 valence electrons. The van der Waals surface area contributed by atoms with Gasteiger partial charge in [0.25, 0.3) is 0 Å². The summed E-state index contributed by atoms with van der Waals surface area (Å²) >= 11 is 6.06. The van der Waals surface area contributed by atoms with Crippen LogP contribution in [0.5, 0.6) is 0 Å². The van der Waals surface area contributed by atoms with Gasteiger partial charge in [-0.2, -0.15) is 0 Å². The minimum atomic E-state index is 0.575. The van der Waals surface area contributed by atoms with E-state index < -0.39 is 0 Å². The molecule has 1 heterocycles. The summed E-state index contributed by atoms with van der Waals surface area (Å²) in [5, 5.41) is 4.67. The Hall–Kier alpha value is -0.570. The lowest BCUT2D eigenvalue weighted by Gasteiger charge is -2.30. The van der Waals surface area contributed by atoms with Crippen LogP contribution in [0.3, 0.4) is 0 Å². The molecular formula is C16H22ClNO. The second-order valence-electron chi connectivity index (χ2n) is 5.92. The minimum Gasteiger partial charge on any atom is -0.381 e. The van der Waals surface area contributed by atoms with Crippen LogP contribution in [-0.4, -0.2) is 25.3 Å². The molecule has 1 aliphatic heterocycles. The van der Waals surface area contributed by atoms with Gasteiger partial charge in [0, 0.05) is 30.3 Å². The van der Waals surface area contributed by atoms with Gasteiger partial charge >= 0.3 is 0 Å². The van der Waals surface area contributed by atoms with Gasteiger partial charge in [-0.05, 0) is 61.8 Å². The molecular weight excluding hydrogens is 258 g/mol. The third-order valence-electron chi connectivity index (χ3n) is 4.57. The molecule has 2 aliphatic rings. The molecule has 0 bridgehead atoms. The zero-order chi connectivity index (χ0) is 13.2. The van der Waals surface area contributed by atoms with Crippen molar-refractivity contribution >= 4 is 11.6 Å². The fourth-order valence-corrected chi connectivity index (χ4v) is 3.62. The highest BCUT2D eigenvalue weighted by Crippen LogP contribution is 2.27. The number of benzene rings is 1. The van der Waals surface area contributed by atoms with Crippen molar-refractivity contribution in [3.8, 4) is 0 Å². The number of ether oxygens (including phenoxy) is 1. The van der Waals surface area contributed by atoms with Crippen molar-refractivity contribution in [2.45, 2.75) is 44.7 Å². The van der Waals surface area contributed by atoms with Crippen molar-refractivity contribution in [3.63, 3.8) is 0 Å². The largest absolute Gasteiger partial charge is 0.381 e. The maximum Gasteiger partial charge on any atom is 0.0469 e. The minimum absolute atomic E-state index is 0.575. The van der Waals surface area contributed by atoms with E-state index in [0.29, 0.717) is 12.1 Å². The fourth-order valence-electron chi connectivity index (χ4n) is 3.43. The first-order valence-corrected chi connectivity index (χ1v) is 7.71. The Kier molecular flexibility index (Phi) is 4.11. The van der Waals surface area contributed by atoms with Crippen LogP contribution in [0.4, 0.5) is 0 Å². The Bertz CT molecular complexity index is 442. The molecule has 2 atom stereocenters. The topological polar surface area (TPSA) is 21.3 Å². The van der Waals surface area contributed by atoms with Gasteiger partial charge in [-0.15, -0.1) is 0 Å². The van der Waals surface area contributed by atoms with Crippen molar-refractivity contribution in [2.24, 2.45) is 5.92 Å². The van der Waals surface area contributed by atoms with E-state index in [2.05, 4.69) is 24.4 Å². The highest BCUT2D eigenvalue weighted by molar-refractivity contribution is 6.30. The Morgan fingerprint density at radius 3 is 2.74 bits per heavy atom. The molecule has 0 aromatic heterocycles. The summed E-state index contributed by atoms with van der Waals surface area (Å²) in [6.07, 6.45) is 4.64. The summed E-state index contributed by atoms with van der Waals surface area (Å²) in [7, 11) is 0. The Morgan fingerprint density at radius 1 is 1.21 bits per heavy atom. The molecule has 1 saturated heterocycles. The first kappa shape index (κ1) is 13.4. The van der Waals surface area contributed by atoms with E-state index in [1.165, 1.54) is 24.0 Å². The molecule has 1 fully saturated rings. The van der Waals surface area contributed by atoms with Crippen molar-refractivity contribution in [2.75, 3.05) is 13.2 Å². The summed E-state index contributed by atoms with van der Waals surface area (Å²) in [5.74, 6) is 0.765. The zero-order valence-electron chi connectivity index (χ0n) is 11.5. The van der Waals surface area contributed by atoms with Gasteiger partial charge in [0.2, 0.25) is 0 Å². The zero-order valence-corrected chi connectivity index (χ0v) is 12.2. The predicted octanol–water partition coefficient (Wildman–Crippen LogP) is 3.21. The number of fused-ring (bicyclic) bond motifs is 1. The van der Waals surface area contributed by atoms with Gasteiger partial charge in [-0.3, -0.25) is 0 Å². The Labute approximate surface area is 120 Å². The van der Waals surface area contributed by atoms with E-state index in [1.54, 1.807) is 0 Å². The summed E-state index contributed by atoms with van der Waals surface area (Å²) in [4.78, 5) is 0. The molecule has 1 aromatic carbocycles. The van der Waals surface area contributed by atoms with Crippen LogP contribution < -0.4 is 5.32 Å². The SMILES string of the molecule is CC(NC1Cc2ccc(Cl)cc2C1)C1CCOCC1. The second kappa shape index (κ2) is 5.82. The average molecular weight is 280 g/mol. The fraction of sp³-hybridized carbons (Fsp3) is 0.625. The number of halogens is 1. The molecule has 3 rings (SSSR count). The normalized spacial score (nSPS) is 25.3. The second-order valence-corrected chi connectivity index (χ2v) is 6.36. The number of hydrogen-bond acceptors (Lipinski definition) is 2. The lowest BCUT2D eigenvalue weighted by Crippen LogP contribution is -2.43. The summed E-state index contributed by atoms with van der Waals surface area (Å²) in [5.41, 5.74) is 2.88. The van der Waals surface area contributed by atoms with Crippen molar-refractivity contribution in [1.82, 2.24) is 5.32 Å². The van der Waals surface area contributed by atoms with Crippen LogP contribution in [0.25, 0.3) is 0 Å². The van der Waals surface area contributed by atoms with Crippen LogP contribution in [0.1, 0.15) is 30.9 Å². The molecule has 0 saturated carbocycles. The van der Waals surface area contributed by atoms with Gasteiger partial charge in [-0.1, -0.05) is 17.7 Å². The quantitative estimate of drug-likeness (QED) is 0.917. The highest BCUT2D eigenvalue weighted by Gasteiger charge is 2.26. The third-order valence-corrected chi connectivity index (χ3v) is 4.81. The van der Waals surface area contributed by atoms with Gasteiger partial charge in [-0.25, -0.2) is 0 Å². The first-order valence-electron chi connectivity index (χ1n) is 7.33. The third kappa shape index (κ3) is 3.13. The van der Waals surface area contributed by atoms with Crippen LogP contribution in [0.15, 0.2) is 18.2 Å². The lowest BCUT2D eigenvalue weighted by atomic mass is 9.92. The van der Waals surface area contributed by atoms with E-state index in [-0.39, 0.29) is 0 Å². The standard InChI is InChI=1S/C16H22ClNO/c1-11(12-4-6-19-7-5-12)18-16-9-13-2-3-15(17)8-14(13)10-16/h2-3,8,11-12,16,18H,4-7,9-10H2,1H3. The molecule has 2 nitrogen and oxygen atoms in total. The van der Waals surface area contributed by atoms with Crippen molar-refractivity contribution in [3.05, 3.63) is 34.3 Å². The Balaban J connectivity index is 1.57. The van der Waals surface area contributed by atoms with Crippen LogP contribution in [-0.2, 0) is 17.6 Å². The van der Waals surface area contributed by atoms with E-state index in [4.69, 9.17) is 16.3 Å². The average Bonchev–Trinajstić information content (AvgIpc) is 2.81. The number of hydrogen-bond donors (Lipinski definition) is 1. The number of nitrogens with one attached hydrogen (secondary N) is 1. The van der Waals surface area contributed by atoms with Gasteiger partial charge in [0.05, 0.1) is 0 Å². The number of rotatable bonds is 3. The summed E-state index contributed by atoms with van der Waals surface area (Å²) in [6.45, 7) is 4.18. The highest BCUT2D eigenvalue weighted by atomic mass is 35.5. The van der Waals surface area contributed by atoms with Gasteiger partial charge < -0.3 is 10.1 Å². The van der Waals surface area contributed by atoms with Crippen molar-refractivity contribution < 1.29 is 4.74 Å². The van der Waals surface area contributed by atoms with Gasteiger partial charge in [0.1, 0.15) is 0 Å². The molecule has 19 heavy (non-hydrogen) atoms. The van der Waals surface area contributed by atoms with E-state index in [0.717, 1.165) is 37.0 Å². The lowest BCUT2D eigenvalue weighted by molar-refractivity contribution is 0.0545. The maximum atomic E-state index is 6.06. The molecule has 3 heteroatoms. The van der Waals surface area contributed by atoms with Crippen molar-refractivity contribution in [1.29, 1.82) is 0 Å².